The van der Waals surface area contributed by atoms with Gasteiger partial charge >= 0.3 is 0 Å². The van der Waals surface area contributed by atoms with Crippen LogP contribution in [-0.4, -0.2) is 49.2 Å². The average molecular weight is 350 g/mol. The zero-order valence-corrected chi connectivity index (χ0v) is 15.1. The van der Waals surface area contributed by atoms with Crippen LogP contribution in [0.15, 0.2) is 54.6 Å². The van der Waals surface area contributed by atoms with E-state index in [1.165, 1.54) is 16.7 Å². The summed E-state index contributed by atoms with van der Waals surface area (Å²) in [7, 11) is 0. The largest absolute Gasteiger partial charge is 0.378 e. The Kier molecular flexibility index (Phi) is 5.05. The van der Waals surface area contributed by atoms with Crippen LogP contribution in [-0.2, 0) is 16.0 Å². The lowest BCUT2D eigenvalue weighted by Crippen LogP contribution is -2.58. The van der Waals surface area contributed by atoms with Gasteiger partial charge in [0.05, 0.1) is 13.2 Å². The number of hydrogen-bond donors (Lipinski definition) is 1. The number of rotatable bonds is 4. The standard InChI is InChI=1S/C22H26N2O2/c25-21(24-12-14-26-15-13-24)22(10-5-11-23-22)17-18-6-4-9-20(16-18)19-7-2-1-3-8-19/h1-4,6-9,16,23H,5,10-15,17H2. The van der Waals surface area contributed by atoms with Crippen LogP contribution in [0.4, 0.5) is 0 Å². The third kappa shape index (κ3) is 3.53. The van der Waals surface area contributed by atoms with E-state index in [1.54, 1.807) is 0 Å². The Labute approximate surface area is 155 Å². The van der Waals surface area contributed by atoms with E-state index in [4.69, 9.17) is 4.74 Å². The molecule has 2 aromatic carbocycles. The number of hydrogen-bond acceptors (Lipinski definition) is 3. The van der Waals surface area contributed by atoms with Crippen molar-refractivity contribution in [3.05, 3.63) is 60.2 Å². The lowest BCUT2D eigenvalue weighted by molar-refractivity contribution is -0.142. The van der Waals surface area contributed by atoms with Gasteiger partial charge in [-0.15, -0.1) is 0 Å². The van der Waals surface area contributed by atoms with Crippen LogP contribution >= 0.6 is 0 Å². The molecule has 2 heterocycles. The monoisotopic (exact) mass is 350 g/mol. The maximum Gasteiger partial charge on any atom is 0.243 e. The van der Waals surface area contributed by atoms with Gasteiger partial charge in [0.2, 0.25) is 5.91 Å². The molecule has 2 aliphatic heterocycles. The molecule has 2 saturated heterocycles. The zero-order valence-electron chi connectivity index (χ0n) is 15.1. The van der Waals surface area contributed by atoms with Crippen LogP contribution in [0.2, 0.25) is 0 Å². The molecule has 4 nitrogen and oxygen atoms in total. The van der Waals surface area contributed by atoms with Crippen molar-refractivity contribution in [1.29, 1.82) is 0 Å². The van der Waals surface area contributed by atoms with Gasteiger partial charge in [0.1, 0.15) is 5.54 Å². The molecule has 0 radical (unpaired) electrons. The van der Waals surface area contributed by atoms with E-state index in [0.717, 1.165) is 25.8 Å². The number of nitrogens with one attached hydrogen (secondary N) is 1. The highest BCUT2D eigenvalue weighted by molar-refractivity contribution is 5.87. The second-order valence-electron chi connectivity index (χ2n) is 7.26. The van der Waals surface area contributed by atoms with Crippen molar-refractivity contribution in [2.24, 2.45) is 0 Å². The number of nitrogens with zero attached hydrogens (tertiary/aromatic N) is 1. The fraction of sp³-hybridized carbons (Fsp3) is 0.409. The minimum Gasteiger partial charge on any atom is -0.378 e. The van der Waals surface area contributed by atoms with Gasteiger partial charge in [-0.25, -0.2) is 0 Å². The first kappa shape index (κ1) is 17.3. The molecular formula is C22H26N2O2. The number of carbonyl (C=O) groups excluding carboxylic acids is 1. The zero-order chi connectivity index (χ0) is 17.8. The van der Waals surface area contributed by atoms with Gasteiger partial charge < -0.3 is 15.0 Å². The highest BCUT2D eigenvalue weighted by Gasteiger charge is 2.43. The molecule has 2 aromatic rings. The smallest absolute Gasteiger partial charge is 0.243 e. The molecule has 0 saturated carbocycles. The van der Waals surface area contributed by atoms with E-state index < -0.39 is 5.54 Å². The van der Waals surface area contributed by atoms with E-state index in [1.807, 2.05) is 11.0 Å². The predicted molar refractivity (Wildman–Crippen MR) is 103 cm³/mol. The van der Waals surface area contributed by atoms with Crippen LogP contribution < -0.4 is 5.32 Å². The fourth-order valence-electron chi connectivity index (χ4n) is 4.12. The third-order valence-electron chi connectivity index (χ3n) is 5.49. The minimum atomic E-state index is -0.466. The van der Waals surface area contributed by atoms with Crippen molar-refractivity contribution in [2.45, 2.75) is 24.8 Å². The fourth-order valence-corrected chi connectivity index (χ4v) is 4.12. The van der Waals surface area contributed by atoms with Gasteiger partial charge in [0.15, 0.2) is 0 Å². The number of carbonyl (C=O) groups is 1. The molecular weight excluding hydrogens is 324 g/mol. The van der Waals surface area contributed by atoms with Gasteiger partial charge in [0.25, 0.3) is 0 Å². The quantitative estimate of drug-likeness (QED) is 0.922. The van der Waals surface area contributed by atoms with Crippen molar-refractivity contribution in [2.75, 3.05) is 32.8 Å². The van der Waals surface area contributed by atoms with Crippen LogP contribution in [0.25, 0.3) is 11.1 Å². The molecule has 0 aliphatic carbocycles. The second kappa shape index (κ2) is 7.60. The van der Waals surface area contributed by atoms with E-state index in [2.05, 4.69) is 53.8 Å². The summed E-state index contributed by atoms with van der Waals surface area (Å²) in [6.45, 7) is 3.60. The molecule has 2 fully saturated rings. The van der Waals surface area contributed by atoms with Crippen LogP contribution in [0, 0.1) is 0 Å². The van der Waals surface area contributed by atoms with Crippen LogP contribution in [0.5, 0.6) is 0 Å². The molecule has 4 rings (SSSR count). The molecule has 0 aromatic heterocycles. The Bertz CT molecular complexity index is 748. The highest BCUT2D eigenvalue weighted by Crippen LogP contribution is 2.29. The topological polar surface area (TPSA) is 41.6 Å². The van der Waals surface area contributed by atoms with Crippen molar-refractivity contribution in [1.82, 2.24) is 10.2 Å². The second-order valence-corrected chi connectivity index (χ2v) is 7.26. The molecule has 4 heteroatoms. The Hall–Kier alpha value is -2.17. The normalized spacial score (nSPS) is 23.2. The summed E-state index contributed by atoms with van der Waals surface area (Å²) in [5.74, 6) is 0.239. The van der Waals surface area contributed by atoms with Gasteiger partial charge in [-0.2, -0.15) is 0 Å². The third-order valence-corrected chi connectivity index (χ3v) is 5.49. The summed E-state index contributed by atoms with van der Waals surface area (Å²) in [5, 5.41) is 3.54. The van der Waals surface area contributed by atoms with Gasteiger partial charge in [-0.3, -0.25) is 4.79 Å². The summed E-state index contributed by atoms with van der Waals surface area (Å²) in [4.78, 5) is 15.3. The Balaban J connectivity index is 1.58. The Morgan fingerprint density at radius 3 is 2.54 bits per heavy atom. The molecule has 0 spiro atoms. The first-order chi connectivity index (χ1) is 12.8. The van der Waals surface area contributed by atoms with Gasteiger partial charge in [-0.1, -0.05) is 54.6 Å². The molecule has 2 aliphatic rings. The lowest BCUT2D eigenvalue weighted by Gasteiger charge is -2.36. The summed E-state index contributed by atoms with van der Waals surface area (Å²) < 4.78 is 5.41. The van der Waals surface area contributed by atoms with Crippen molar-refractivity contribution in [3.8, 4) is 11.1 Å². The predicted octanol–water partition coefficient (Wildman–Crippen LogP) is 2.88. The van der Waals surface area contributed by atoms with Crippen LogP contribution in [0.3, 0.4) is 0 Å². The van der Waals surface area contributed by atoms with Gasteiger partial charge in [-0.05, 0) is 42.5 Å². The molecule has 1 unspecified atom stereocenters. The number of morpholine rings is 1. The number of benzene rings is 2. The molecule has 136 valence electrons. The maximum absolute atomic E-state index is 13.3. The van der Waals surface area contributed by atoms with E-state index in [0.29, 0.717) is 26.3 Å². The molecule has 1 atom stereocenters. The summed E-state index contributed by atoms with van der Waals surface area (Å²) >= 11 is 0. The van der Waals surface area contributed by atoms with Crippen molar-refractivity contribution in [3.63, 3.8) is 0 Å². The number of ether oxygens (including phenoxy) is 1. The molecule has 1 amide bonds. The van der Waals surface area contributed by atoms with E-state index >= 15 is 0 Å². The minimum absolute atomic E-state index is 0.239. The van der Waals surface area contributed by atoms with Gasteiger partial charge in [0, 0.05) is 13.1 Å². The Morgan fingerprint density at radius 2 is 1.81 bits per heavy atom. The Morgan fingerprint density at radius 1 is 1.04 bits per heavy atom. The summed E-state index contributed by atoms with van der Waals surface area (Å²) in [5.41, 5.74) is 3.16. The molecule has 1 N–H and O–H groups in total. The lowest BCUT2D eigenvalue weighted by atomic mass is 9.86. The van der Waals surface area contributed by atoms with Crippen molar-refractivity contribution >= 4 is 5.91 Å². The maximum atomic E-state index is 13.3. The molecule has 0 bridgehead atoms. The first-order valence-electron chi connectivity index (χ1n) is 9.53. The number of amides is 1. The SMILES string of the molecule is O=C(N1CCOCC1)C1(Cc2cccc(-c3ccccc3)c2)CCCN1. The van der Waals surface area contributed by atoms with E-state index in [9.17, 15) is 4.79 Å². The van der Waals surface area contributed by atoms with Crippen LogP contribution in [0.1, 0.15) is 18.4 Å². The summed E-state index contributed by atoms with van der Waals surface area (Å²) in [6, 6.07) is 19.0. The van der Waals surface area contributed by atoms with E-state index in [-0.39, 0.29) is 5.91 Å². The highest BCUT2D eigenvalue weighted by atomic mass is 16.5. The first-order valence-corrected chi connectivity index (χ1v) is 9.53. The average Bonchev–Trinajstić information content (AvgIpc) is 3.18. The summed E-state index contributed by atoms with van der Waals surface area (Å²) in [6.07, 6.45) is 2.69. The molecule has 26 heavy (non-hydrogen) atoms. The van der Waals surface area contributed by atoms with Crippen molar-refractivity contribution < 1.29 is 9.53 Å².